The lowest BCUT2D eigenvalue weighted by Gasteiger charge is -2.28. The molecule has 1 aliphatic heterocycles. The number of hydrogen-bond donors (Lipinski definition) is 7. The highest BCUT2D eigenvalue weighted by Crippen LogP contribution is 2.19. The van der Waals surface area contributed by atoms with Crippen LogP contribution in [0.3, 0.4) is 0 Å². The van der Waals surface area contributed by atoms with Gasteiger partial charge in [0.15, 0.2) is 0 Å². The Hall–Kier alpha value is -3.32. The Morgan fingerprint density at radius 3 is 2.32 bits per heavy atom. The summed E-state index contributed by atoms with van der Waals surface area (Å²) in [5, 5.41) is 23.6. The minimum Gasteiger partial charge on any atom is -0.508 e. The van der Waals surface area contributed by atoms with Crippen molar-refractivity contribution in [2.75, 3.05) is 12.3 Å². The summed E-state index contributed by atoms with van der Waals surface area (Å²) in [6.07, 6.45) is 0.256. The highest BCUT2D eigenvalue weighted by molar-refractivity contribution is 7.80. The number of aliphatic carboxylic acids is 1. The highest BCUT2D eigenvalue weighted by atomic mass is 32.1. The third-order valence-corrected chi connectivity index (χ3v) is 5.77. The molecule has 1 aliphatic rings. The molecule has 1 saturated heterocycles. The monoisotopic (exact) mass is 495 g/mol. The molecule has 13 heteroatoms. The molecule has 0 aromatic heterocycles. The standard InChI is InChI=1S/C21H29N5O7S/c22-13(10-34)20(31)26-7-1-2-16(26)19(30)24-14(8-11-3-5-12(27)6-4-11)18(29)25-15(21(32)33)9-17(23)28/h3-6,13-16,27,34H,1-2,7-10,22H2,(H2,23,28)(H,24,30)(H,25,29)(H,32,33). The van der Waals surface area contributed by atoms with E-state index in [1.165, 1.54) is 29.2 Å². The van der Waals surface area contributed by atoms with E-state index in [2.05, 4.69) is 23.3 Å². The molecule has 4 unspecified atom stereocenters. The number of benzene rings is 1. The van der Waals surface area contributed by atoms with Crippen LogP contribution in [-0.4, -0.2) is 81.2 Å². The topological polar surface area (TPSA) is 205 Å². The second-order valence-electron chi connectivity index (χ2n) is 7.98. The lowest BCUT2D eigenvalue weighted by molar-refractivity contribution is -0.144. The van der Waals surface area contributed by atoms with Gasteiger partial charge in [0.05, 0.1) is 12.5 Å². The SMILES string of the molecule is NC(=O)CC(NC(=O)C(Cc1ccc(O)cc1)NC(=O)C1CCCN1C(=O)C(N)CS)C(=O)O. The van der Waals surface area contributed by atoms with Crippen LogP contribution in [0.1, 0.15) is 24.8 Å². The molecule has 1 fully saturated rings. The van der Waals surface area contributed by atoms with Crippen molar-refractivity contribution in [3.63, 3.8) is 0 Å². The fourth-order valence-corrected chi connectivity index (χ4v) is 3.77. The van der Waals surface area contributed by atoms with Gasteiger partial charge in [-0.25, -0.2) is 4.79 Å². The van der Waals surface area contributed by atoms with Gasteiger partial charge < -0.3 is 37.2 Å². The third kappa shape index (κ3) is 7.35. The Morgan fingerprint density at radius 1 is 1.12 bits per heavy atom. The molecule has 0 bridgehead atoms. The predicted molar refractivity (Wildman–Crippen MR) is 124 cm³/mol. The molecule has 0 spiro atoms. The first-order valence-electron chi connectivity index (χ1n) is 10.6. The molecule has 1 aromatic rings. The van der Waals surface area contributed by atoms with Crippen molar-refractivity contribution in [1.82, 2.24) is 15.5 Å². The van der Waals surface area contributed by atoms with Crippen molar-refractivity contribution in [1.29, 1.82) is 0 Å². The van der Waals surface area contributed by atoms with E-state index in [1.807, 2.05) is 0 Å². The molecule has 1 heterocycles. The van der Waals surface area contributed by atoms with Gasteiger partial charge in [-0.3, -0.25) is 19.2 Å². The molecule has 1 aromatic carbocycles. The number of rotatable bonds is 11. The summed E-state index contributed by atoms with van der Waals surface area (Å²) in [6, 6.07) is 1.33. The van der Waals surface area contributed by atoms with Crippen LogP contribution in [0.25, 0.3) is 0 Å². The number of carboxylic acids is 1. The molecule has 8 N–H and O–H groups in total. The zero-order valence-corrected chi connectivity index (χ0v) is 19.2. The van der Waals surface area contributed by atoms with E-state index in [0.717, 1.165) is 0 Å². The zero-order chi connectivity index (χ0) is 25.4. The van der Waals surface area contributed by atoms with Gasteiger partial charge in [-0.15, -0.1) is 0 Å². The number of hydrogen-bond acceptors (Lipinski definition) is 8. The molecule has 0 saturated carbocycles. The van der Waals surface area contributed by atoms with Crippen LogP contribution < -0.4 is 22.1 Å². The largest absolute Gasteiger partial charge is 0.508 e. The number of carboxylic acid groups (broad SMARTS) is 1. The average Bonchev–Trinajstić information content (AvgIpc) is 3.28. The van der Waals surface area contributed by atoms with Crippen LogP contribution in [-0.2, 0) is 30.4 Å². The van der Waals surface area contributed by atoms with E-state index in [9.17, 15) is 34.2 Å². The molecule has 4 atom stereocenters. The lowest BCUT2D eigenvalue weighted by atomic mass is 10.0. The van der Waals surface area contributed by atoms with E-state index < -0.39 is 60.2 Å². The molecular formula is C21H29N5O7S. The molecule has 0 aliphatic carbocycles. The van der Waals surface area contributed by atoms with Crippen molar-refractivity contribution >= 4 is 42.2 Å². The molecule has 34 heavy (non-hydrogen) atoms. The summed E-state index contributed by atoms with van der Waals surface area (Å²) >= 11 is 4.02. The van der Waals surface area contributed by atoms with E-state index >= 15 is 0 Å². The Labute approximate surface area is 201 Å². The highest BCUT2D eigenvalue weighted by Gasteiger charge is 2.37. The molecule has 186 valence electrons. The Morgan fingerprint density at radius 2 is 1.76 bits per heavy atom. The van der Waals surface area contributed by atoms with Crippen molar-refractivity contribution in [3.8, 4) is 5.75 Å². The Kier molecular flexibility index (Phi) is 9.69. The van der Waals surface area contributed by atoms with Crippen molar-refractivity contribution in [3.05, 3.63) is 29.8 Å². The van der Waals surface area contributed by atoms with E-state index in [-0.39, 0.29) is 17.9 Å². The number of carbonyl (C=O) groups is 5. The van der Waals surface area contributed by atoms with Crippen molar-refractivity contribution in [2.24, 2.45) is 11.5 Å². The average molecular weight is 496 g/mol. The fourth-order valence-electron chi connectivity index (χ4n) is 3.61. The summed E-state index contributed by atoms with van der Waals surface area (Å²) in [4.78, 5) is 62.5. The van der Waals surface area contributed by atoms with Crippen LogP contribution in [0.5, 0.6) is 5.75 Å². The van der Waals surface area contributed by atoms with Gasteiger partial charge in [-0.05, 0) is 30.5 Å². The van der Waals surface area contributed by atoms with Gasteiger partial charge in [0.25, 0.3) is 0 Å². The summed E-state index contributed by atoms with van der Waals surface area (Å²) in [7, 11) is 0. The quantitative estimate of drug-likeness (QED) is 0.172. The molecule has 2 rings (SSSR count). The Bertz CT molecular complexity index is 927. The number of thiol groups is 1. The first-order valence-corrected chi connectivity index (χ1v) is 11.2. The van der Waals surface area contributed by atoms with Gasteiger partial charge in [0, 0.05) is 18.7 Å². The van der Waals surface area contributed by atoms with Crippen LogP contribution in [0.4, 0.5) is 0 Å². The number of primary amides is 1. The lowest BCUT2D eigenvalue weighted by Crippen LogP contribution is -2.57. The van der Waals surface area contributed by atoms with Crippen molar-refractivity contribution in [2.45, 2.75) is 49.9 Å². The number of nitrogens with one attached hydrogen (secondary N) is 2. The van der Waals surface area contributed by atoms with Crippen molar-refractivity contribution < 1.29 is 34.2 Å². The fraction of sp³-hybridized carbons (Fsp3) is 0.476. The Balaban J connectivity index is 2.22. The minimum absolute atomic E-state index is 0.00169. The maximum absolute atomic E-state index is 13.1. The van der Waals surface area contributed by atoms with Crippen LogP contribution >= 0.6 is 12.6 Å². The maximum Gasteiger partial charge on any atom is 0.326 e. The predicted octanol–water partition coefficient (Wildman–Crippen LogP) is -1.89. The number of carbonyl (C=O) groups excluding carboxylic acids is 4. The smallest absolute Gasteiger partial charge is 0.326 e. The van der Waals surface area contributed by atoms with E-state index in [1.54, 1.807) is 0 Å². The number of nitrogens with two attached hydrogens (primary N) is 2. The zero-order valence-electron chi connectivity index (χ0n) is 18.3. The molecule has 0 radical (unpaired) electrons. The van der Waals surface area contributed by atoms with Crippen LogP contribution in [0.2, 0.25) is 0 Å². The number of amides is 4. The van der Waals surface area contributed by atoms with Gasteiger partial charge in [0.2, 0.25) is 23.6 Å². The van der Waals surface area contributed by atoms with Crippen LogP contribution in [0.15, 0.2) is 24.3 Å². The summed E-state index contributed by atoms with van der Waals surface area (Å²) in [6.45, 7) is 0.326. The molecule has 12 nitrogen and oxygen atoms in total. The maximum atomic E-state index is 13.1. The number of phenols is 1. The van der Waals surface area contributed by atoms with Gasteiger partial charge >= 0.3 is 5.97 Å². The van der Waals surface area contributed by atoms with Gasteiger partial charge in [0.1, 0.15) is 23.9 Å². The molecular weight excluding hydrogens is 466 g/mol. The normalized spacial score (nSPS) is 17.9. The number of aromatic hydroxyl groups is 1. The molecule has 4 amide bonds. The minimum atomic E-state index is -1.58. The number of likely N-dealkylation sites (tertiary alicyclic amines) is 1. The van der Waals surface area contributed by atoms with Gasteiger partial charge in [-0.1, -0.05) is 12.1 Å². The number of phenolic OH excluding ortho intramolecular Hbond substituents is 1. The first-order chi connectivity index (χ1) is 16.0. The second-order valence-corrected chi connectivity index (χ2v) is 8.35. The summed E-state index contributed by atoms with van der Waals surface area (Å²) < 4.78 is 0. The second kappa shape index (κ2) is 12.2. The summed E-state index contributed by atoms with van der Waals surface area (Å²) in [5.41, 5.74) is 11.4. The van der Waals surface area contributed by atoms with E-state index in [0.29, 0.717) is 24.9 Å². The first kappa shape index (κ1) is 26.9. The van der Waals surface area contributed by atoms with Crippen LogP contribution in [0, 0.1) is 0 Å². The van der Waals surface area contributed by atoms with Gasteiger partial charge in [-0.2, -0.15) is 12.6 Å². The summed E-state index contributed by atoms with van der Waals surface area (Å²) in [5.74, 6) is -4.16. The van der Waals surface area contributed by atoms with E-state index in [4.69, 9.17) is 11.5 Å². The number of nitrogens with zero attached hydrogens (tertiary/aromatic N) is 1. The third-order valence-electron chi connectivity index (χ3n) is 5.38.